The van der Waals surface area contributed by atoms with Gasteiger partial charge < -0.3 is 14.6 Å². The van der Waals surface area contributed by atoms with Crippen LogP contribution in [-0.4, -0.2) is 31.3 Å². The van der Waals surface area contributed by atoms with Crippen LogP contribution < -0.4 is 5.32 Å². The van der Waals surface area contributed by atoms with E-state index in [1.807, 2.05) is 12.1 Å². The van der Waals surface area contributed by atoms with E-state index in [9.17, 15) is 4.79 Å². The molecule has 2 heterocycles. The lowest BCUT2D eigenvalue weighted by atomic mass is 10.1. The Balaban J connectivity index is 2.15. The largest absolute Gasteiger partial charge is 0.385 e. The molecule has 0 aliphatic carbocycles. The Kier molecular flexibility index (Phi) is 5.33. The van der Waals surface area contributed by atoms with Crippen molar-refractivity contribution in [1.29, 1.82) is 0 Å². The van der Waals surface area contributed by atoms with Crippen LogP contribution in [0.1, 0.15) is 22.5 Å². The van der Waals surface area contributed by atoms with Gasteiger partial charge in [0.05, 0.1) is 8.66 Å². The summed E-state index contributed by atoms with van der Waals surface area (Å²) < 4.78 is 11.1. The fourth-order valence-corrected chi connectivity index (χ4v) is 3.13. The molecule has 0 aliphatic heterocycles. The van der Waals surface area contributed by atoms with Gasteiger partial charge in [-0.25, -0.2) is 0 Å². The van der Waals surface area contributed by atoms with Crippen molar-refractivity contribution >= 4 is 33.2 Å². The van der Waals surface area contributed by atoms with Crippen LogP contribution in [0.3, 0.4) is 0 Å². The smallest absolute Gasteiger partial charge is 0.257 e. The Labute approximate surface area is 129 Å². The summed E-state index contributed by atoms with van der Waals surface area (Å²) in [6.45, 7) is 2.92. The lowest BCUT2D eigenvalue weighted by Gasteiger charge is -2.04. The highest BCUT2D eigenvalue weighted by atomic mass is 79.9. The van der Waals surface area contributed by atoms with Crippen molar-refractivity contribution in [3.8, 4) is 10.6 Å². The highest BCUT2D eigenvalue weighted by Gasteiger charge is 2.22. The third-order valence-corrected chi connectivity index (χ3v) is 4.34. The van der Waals surface area contributed by atoms with Gasteiger partial charge in [-0.1, -0.05) is 5.16 Å². The zero-order chi connectivity index (χ0) is 14.5. The summed E-state index contributed by atoms with van der Waals surface area (Å²) >= 11 is 4.91. The number of amides is 1. The number of nitrogens with one attached hydrogen (secondary N) is 1. The minimum atomic E-state index is -0.167. The number of rotatable bonds is 6. The first-order valence-corrected chi connectivity index (χ1v) is 7.73. The van der Waals surface area contributed by atoms with Gasteiger partial charge in [0, 0.05) is 20.3 Å². The average Bonchev–Trinajstić information content (AvgIpc) is 3.00. The molecule has 2 aromatic heterocycles. The number of halogens is 1. The van der Waals surface area contributed by atoms with Gasteiger partial charge in [-0.05, 0) is 41.4 Å². The lowest BCUT2D eigenvalue weighted by Crippen LogP contribution is -2.25. The first-order valence-electron chi connectivity index (χ1n) is 6.12. The van der Waals surface area contributed by atoms with E-state index in [0.29, 0.717) is 30.2 Å². The number of carbonyl (C=O) groups is 1. The molecule has 0 radical (unpaired) electrons. The van der Waals surface area contributed by atoms with Gasteiger partial charge in [-0.2, -0.15) is 0 Å². The Hall–Kier alpha value is -1.18. The highest BCUT2D eigenvalue weighted by Crippen LogP contribution is 2.33. The molecular weight excluding hydrogens is 344 g/mol. The molecule has 0 fully saturated rings. The van der Waals surface area contributed by atoms with Crippen molar-refractivity contribution in [2.75, 3.05) is 20.3 Å². The van der Waals surface area contributed by atoms with Crippen LogP contribution in [0.4, 0.5) is 0 Å². The standard InChI is InChI=1S/C13H15BrN2O3S/c1-8-11(13(17)15-6-3-7-18-2)12(16-19-8)9-4-5-10(14)20-9/h4-5H,3,6-7H2,1-2H3,(H,15,17). The summed E-state index contributed by atoms with van der Waals surface area (Å²) in [4.78, 5) is 13.1. The maximum Gasteiger partial charge on any atom is 0.257 e. The fraction of sp³-hybridized carbons (Fsp3) is 0.385. The average molecular weight is 359 g/mol. The molecule has 0 saturated carbocycles. The Morgan fingerprint density at radius 2 is 2.35 bits per heavy atom. The Morgan fingerprint density at radius 1 is 1.55 bits per heavy atom. The molecule has 0 bridgehead atoms. The number of ether oxygens (including phenoxy) is 1. The minimum Gasteiger partial charge on any atom is -0.385 e. The quantitative estimate of drug-likeness (QED) is 0.805. The SMILES string of the molecule is COCCCNC(=O)c1c(-c2ccc(Br)s2)noc1C. The van der Waals surface area contributed by atoms with Gasteiger partial charge >= 0.3 is 0 Å². The van der Waals surface area contributed by atoms with E-state index >= 15 is 0 Å². The van der Waals surface area contributed by atoms with Gasteiger partial charge in [0.1, 0.15) is 17.0 Å². The van der Waals surface area contributed by atoms with Gasteiger partial charge in [0.2, 0.25) is 0 Å². The molecule has 108 valence electrons. The number of hydrogen-bond acceptors (Lipinski definition) is 5. The molecule has 5 nitrogen and oxygen atoms in total. The molecule has 1 N–H and O–H groups in total. The summed E-state index contributed by atoms with van der Waals surface area (Å²) in [7, 11) is 1.64. The third kappa shape index (κ3) is 3.47. The monoisotopic (exact) mass is 358 g/mol. The maximum absolute atomic E-state index is 12.2. The molecule has 1 amide bonds. The van der Waals surface area contributed by atoms with E-state index in [4.69, 9.17) is 9.26 Å². The van der Waals surface area contributed by atoms with E-state index in [0.717, 1.165) is 15.1 Å². The molecule has 0 aliphatic rings. The van der Waals surface area contributed by atoms with Crippen LogP contribution >= 0.6 is 27.3 Å². The van der Waals surface area contributed by atoms with Crippen molar-refractivity contribution in [3.63, 3.8) is 0 Å². The Morgan fingerprint density at radius 3 is 3.00 bits per heavy atom. The molecule has 2 rings (SSSR count). The van der Waals surface area contributed by atoms with E-state index in [-0.39, 0.29) is 5.91 Å². The van der Waals surface area contributed by atoms with Crippen molar-refractivity contribution in [2.24, 2.45) is 0 Å². The molecule has 0 saturated heterocycles. The molecule has 0 atom stereocenters. The fourth-order valence-electron chi connectivity index (χ4n) is 1.76. The molecular formula is C13H15BrN2O3S. The van der Waals surface area contributed by atoms with E-state index in [1.165, 1.54) is 11.3 Å². The summed E-state index contributed by atoms with van der Waals surface area (Å²) in [6.07, 6.45) is 0.770. The van der Waals surface area contributed by atoms with E-state index in [2.05, 4.69) is 26.4 Å². The molecule has 0 unspecified atom stereocenters. The van der Waals surface area contributed by atoms with Gasteiger partial charge in [0.15, 0.2) is 0 Å². The predicted octanol–water partition coefficient (Wildman–Crippen LogP) is 3.24. The van der Waals surface area contributed by atoms with Gasteiger partial charge in [0.25, 0.3) is 5.91 Å². The van der Waals surface area contributed by atoms with Gasteiger partial charge in [-0.15, -0.1) is 11.3 Å². The second kappa shape index (κ2) is 7.01. The lowest BCUT2D eigenvalue weighted by molar-refractivity contribution is 0.0947. The Bertz CT molecular complexity index is 594. The highest BCUT2D eigenvalue weighted by molar-refractivity contribution is 9.11. The van der Waals surface area contributed by atoms with Crippen LogP contribution in [0.5, 0.6) is 0 Å². The molecule has 7 heteroatoms. The topological polar surface area (TPSA) is 64.4 Å². The van der Waals surface area contributed by atoms with Crippen molar-refractivity contribution in [1.82, 2.24) is 10.5 Å². The summed E-state index contributed by atoms with van der Waals surface area (Å²) in [5.74, 6) is 0.355. The summed E-state index contributed by atoms with van der Waals surface area (Å²) in [5, 5.41) is 6.85. The van der Waals surface area contributed by atoms with Crippen LogP contribution in [0.2, 0.25) is 0 Å². The van der Waals surface area contributed by atoms with Crippen LogP contribution in [0.15, 0.2) is 20.4 Å². The minimum absolute atomic E-state index is 0.167. The van der Waals surface area contributed by atoms with Crippen LogP contribution in [0, 0.1) is 6.92 Å². The zero-order valence-electron chi connectivity index (χ0n) is 11.2. The van der Waals surface area contributed by atoms with Crippen molar-refractivity contribution < 1.29 is 14.1 Å². The second-order valence-corrected chi connectivity index (χ2v) is 6.63. The van der Waals surface area contributed by atoms with Crippen molar-refractivity contribution in [3.05, 3.63) is 27.2 Å². The number of nitrogens with zero attached hydrogens (tertiary/aromatic N) is 1. The van der Waals surface area contributed by atoms with E-state index < -0.39 is 0 Å². The zero-order valence-corrected chi connectivity index (χ0v) is 13.6. The second-order valence-electron chi connectivity index (χ2n) is 4.17. The van der Waals surface area contributed by atoms with Crippen LogP contribution in [-0.2, 0) is 4.74 Å². The number of aromatic nitrogens is 1. The summed E-state index contributed by atoms with van der Waals surface area (Å²) in [6, 6.07) is 3.83. The molecule has 0 aromatic carbocycles. The van der Waals surface area contributed by atoms with Crippen LogP contribution in [0.25, 0.3) is 10.6 Å². The molecule has 20 heavy (non-hydrogen) atoms. The van der Waals surface area contributed by atoms with Crippen molar-refractivity contribution in [2.45, 2.75) is 13.3 Å². The number of thiophene rings is 1. The first kappa shape index (κ1) is 15.2. The number of methoxy groups -OCH3 is 1. The first-order chi connectivity index (χ1) is 9.63. The molecule has 0 spiro atoms. The maximum atomic E-state index is 12.2. The van der Waals surface area contributed by atoms with Gasteiger partial charge in [-0.3, -0.25) is 4.79 Å². The number of aryl methyl sites for hydroxylation is 1. The normalized spacial score (nSPS) is 10.8. The predicted molar refractivity (Wildman–Crippen MR) is 81.1 cm³/mol. The third-order valence-electron chi connectivity index (χ3n) is 2.71. The molecule has 2 aromatic rings. The number of carbonyl (C=O) groups excluding carboxylic acids is 1. The number of hydrogen-bond donors (Lipinski definition) is 1. The van der Waals surface area contributed by atoms with E-state index in [1.54, 1.807) is 14.0 Å². The summed E-state index contributed by atoms with van der Waals surface area (Å²) in [5.41, 5.74) is 1.08.